The third-order valence-corrected chi connectivity index (χ3v) is 7.67. The lowest BCUT2D eigenvalue weighted by Gasteiger charge is -2.54. The van der Waals surface area contributed by atoms with Crippen molar-refractivity contribution in [3.63, 3.8) is 0 Å². The van der Waals surface area contributed by atoms with E-state index in [1.54, 1.807) is 0 Å². The van der Waals surface area contributed by atoms with Crippen LogP contribution in [0.3, 0.4) is 0 Å². The maximum atomic E-state index is 11.8. The normalized spacial score (nSPS) is 39.1. The van der Waals surface area contributed by atoms with Gasteiger partial charge in [0.05, 0.1) is 12.5 Å². The Morgan fingerprint density at radius 3 is 2.65 bits per heavy atom. The highest BCUT2D eigenvalue weighted by molar-refractivity contribution is 7.15. The molecule has 4 aliphatic rings. The van der Waals surface area contributed by atoms with Crippen LogP contribution in [0.4, 0.5) is 0 Å². The minimum Gasteiger partial charge on any atom is -0.465 e. The number of ether oxygens (including phenoxy) is 1. The molecule has 5 unspecified atom stereocenters. The predicted molar refractivity (Wildman–Crippen MR) is 108 cm³/mol. The van der Waals surface area contributed by atoms with Gasteiger partial charge in [-0.25, -0.2) is 0 Å². The number of rotatable bonds is 3. The van der Waals surface area contributed by atoms with Gasteiger partial charge in [0.15, 0.2) is 5.78 Å². The molecule has 6 atom stereocenters. The maximum Gasteiger partial charge on any atom is 0.309 e. The Hall–Kier alpha value is -0.690. The van der Waals surface area contributed by atoms with Crippen molar-refractivity contribution in [2.75, 3.05) is 13.3 Å². The lowest BCUT2D eigenvalue weighted by molar-refractivity contribution is -0.141. The SMILES string of the molecule is CC12CCC(=O)C=C1CCC1C(CC[C@H]3CCOC3=O)CCCC12.CP. The first-order chi connectivity index (χ1) is 12.6. The first-order valence-electron chi connectivity index (χ1n) is 10.6. The van der Waals surface area contributed by atoms with Crippen LogP contribution in [-0.4, -0.2) is 25.0 Å². The zero-order valence-electron chi connectivity index (χ0n) is 16.5. The molecule has 0 N–H and O–H groups in total. The summed E-state index contributed by atoms with van der Waals surface area (Å²) in [6.45, 7) is 4.97. The van der Waals surface area contributed by atoms with Crippen molar-refractivity contribution in [1.29, 1.82) is 0 Å². The summed E-state index contributed by atoms with van der Waals surface area (Å²) in [5.74, 6) is 2.86. The Morgan fingerprint density at radius 2 is 1.92 bits per heavy atom. The van der Waals surface area contributed by atoms with Crippen LogP contribution >= 0.6 is 9.24 Å². The molecule has 0 aromatic carbocycles. The summed E-state index contributed by atoms with van der Waals surface area (Å²) in [5, 5.41) is 0. The number of hydrogen-bond acceptors (Lipinski definition) is 3. The zero-order chi connectivity index (χ0) is 18.7. The summed E-state index contributed by atoms with van der Waals surface area (Å²) in [5.41, 5.74) is 1.71. The highest BCUT2D eigenvalue weighted by Gasteiger charge is 2.49. The summed E-state index contributed by atoms with van der Waals surface area (Å²) in [6, 6.07) is 0. The van der Waals surface area contributed by atoms with Crippen molar-refractivity contribution in [2.45, 2.75) is 71.1 Å². The lowest BCUT2D eigenvalue weighted by atomic mass is 9.50. The van der Waals surface area contributed by atoms with Gasteiger partial charge >= 0.3 is 5.97 Å². The molecular formula is C22H35O3P. The average molecular weight is 378 g/mol. The molecular weight excluding hydrogens is 343 g/mol. The third-order valence-electron chi connectivity index (χ3n) is 7.67. The maximum absolute atomic E-state index is 11.8. The van der Waals surface area contributed by atoms with Crippen LogP contribution in [0.5, 0.6) is 0 Å². The van der Waals surface area contributed by atoms with Crippen LogP contribution in [0.1, 0.15) is 71.1 Å². The molecule has 1 aliphatic heterocycles. The Labute approximate surface area is 160 Å². The smallest absolute Gasteiger partial charge is 0.309 e. The quantitative estimate of drug-likeness (QED) is 0.516. The van der Waals surface area contributed by atoms with E-state index in [0.29, 0.717) is 12.4 Å². The van der Waals surface area contributed by atoms with Crippen LogP contribution < -0.4 is 0 Å². The van der Waals surface area contributed by atoms with Gasteiger partial charge in [-0.3, -0.25) is 9.59 Å². The van der Waals surface area contributed by atoms with Crippen LogP contribution in [-0.2, 0) is 14.3 Å². The fourth-order valence-corrected chi connectivity index (χ4v) is 6.24. The van der Waals surface area contributed by atoms with Gasteiger partial charge in [0.25, 0.3) is 0 Å². The Morgan fingerprint density at radius 1 is 1.12 bits per heavy atom. The van der Waals surface area contributed by atoms with E-state index in [1.807, 2.05) is 12.7 Å². The van der Waals surface area contributed by atoms with Crippen LogP contribution in [0.25, 0.3) is 0 Å². The van der Waals surface area contributed by atoms with Gasteiger partial charge in [0.2, 0.25) is 0 Å². The van der Waals surface area contributed by atoms with Gasteiger partial charge in [0.1, 0.15) is 0 Å². The minimum absolute atomic E-state index is 0.0361. The molecule has 3 nitrogen and oxygen atoms in total. The lowest BCUT2D eigenvalue weighted by Crippen LogP contribution is -2.45. The summed E-state index contributed by atoms with van der Waals surface area (Å²) < 4.78 is 5.13. The Balaban J connectivity index is 0.000000948. The number of cyclic esters (lactones) is 1. The second kappa shape index (κ2) is 8.55. The second-order valence-corrected chi connectivity index (χ2v) is 8.78. The van der Waals surface area contributed by atoms with E-state index >= 15 is 0 Å². The van der Waals surface area contributed by atoms with Crippen LogP contribution in [0.2, 0.25) is 0 Å². The standard InChI is InChI=1S/C21H30O3.CH5P/c1-21-11-9-17(22)13-16(21)7-8-18-14(3-2-4-19(18)21)5-6-15-10-12-24-20(15)23;1-2/h13-15,18-19H,2-12H2,1H3;2H2,1H3/t14?,15-,18?,19?,21?;/m0./s1. The van der Waals surface area contributed by atoms with E-state index in [4.69, 9.17) is 4.74 Å². The van der Waals surface area contributed by atoms with Crippen molar-refractivity contribution in [1.82, 2.24) is 0 Å². The molecule has 0 aromatic heterocycles. The summed E-state index contributed by atoms with van der Waals surface area (Å²) in [4.78, 5) is 23.6. The second-order valence-electron chi connectivity index (χ2n) is 8.78. The van der Waals surface area contributed by atoms with Gasteiger partial charge < -0.3 is 4.74 Å². The number of carbonyl (C=O) groups is 2. The molecule has 1 heterocycles. The molecule has 2 saturated carbocycles. The number of hydrogen-bond donors (Lipinski definition) is 0. The molecule has 0 spiro atoms. The molecule has 0 bridgehead atoms. The minimum atomic E-state index is 0.0361. The topological polar surface area (TPSA) is 43.4 Å². The molecule has 0 radical (unpaired) electrons. The average Bonchev–Trinajstić information content (AvgIpc) is 3.07. The number of carbonyl (C=O) groups excluding carboxylic acids is 2. The molecule has 0 aromatic rings. The van der Waals surface area contributed by atoms with Crippen molar-refractivity contribution < 1.29 is 14.3 Å². The van der Waals surface area contributed by atoms with E-state index in [0.717, 1.165) is 49.9 Å². The van der Waals surface area contributed by atoms with E-state index < -0.39 is 0 Å². The zero-order valence-corrected chi connectivity index (χ0v) is 17.6. The van der Waals surface area contributed by atoms with Gasteiger partial charge in [0, 0.05) is 6.42 Å². The molecule has 4 rings (SSSR count). The largest absolute Gasteiger partial charge is 0.465 e. The van der Waals surface area contributed by atoms with Crippen molar-refractivity contribution in [2.24, 2.45) is 29.1 Å². The van der Waals surface area contributed by atoms with E-state index in [2.05, 4.69) is 16.2 Å². The summed E-state index contributed by atoms with van der Waals surface area (Å²) in [7, 11) is 2.42. The molecule has 3 aliphatic carbocycles. The first-order valence-corrected chi connectivity index (χ1v) is 11.7. The fraction of sp³-hybridized carbons (Fsp3) is 0.818. The summed E-state index contributed by atoms with van der Waals surface area (Å²) >= 11 is 0. The summed E-state index contributed by atoms with van der Waals surface area (Å²) in [6.07, 6.45) is 13.3. The predicted octanol–water partition coefficient (Wildman–Crippen LogP) is 4.94. The van der Waals surface area contributed by atoms with Crippen LogP contribution in [0.15, 0.2) is 11.6 Å². The number of ketones is 1. The van der Waals surface area contributed by atoms with Gasteiger partial charge in [-0.2, -0.15) is 0 Å². The highest BCUT2D eigenvalue weighted by atomic mass is 31.0. The van der Waals surface area contributed by atoms with Gasteiger partial charge in [-0.15, -0.1) is 9.24 Å². The van der Waals surface area contributed by atoms with Crippen molar-refractivity contribution in [3.8, 4) is 0 Å². The van der Waals surface area contributed by atoms with Crippen molar-refractivity contribution >= 4 is 21.0 Å². The number of fused-ring (bicyclic) bond motifs is 3. The first kappa shape index (κ1) is 20.1. The fourth-order valence-electron chi connectivity index (χ4n) is 6.24. The van der Waals surface area contributed by atoms with E-state index in [9.17, 15) is 9.59 Å². The van der Waals surface area contributed by atoms with Crippen LogP contribution in [0, 0.1) is 29.1 Å². The highest BCUT2D eigenvalue weighted by Crippen LogP contribution is 2.58. The molecule has 1 saturated heterocycles. The van der Waals surface area contributed by atoms with E-state index in [-0.39, 0.29) is 17.3 Å². The van der Waals surface area contributed by atoms with E-state index in [1.165, 1.54) is 37.7 Å². The molecule has 146 valence electrons. The number of allylic oxidation sites excluding steroid dienone is 2. The van der Waals surface area contributed by atoms with Gasteiger partial charge in [-0.05, 0) is 74.2 Å². The third kappa shape index (κ3) is 3.79. The molecule has 26 heavy (non-hydrogen) atoms. The monoisotopic (exact) mass is 378 g/mol. The molecule has 3 fully saturated rings. The molecule has 4 heteroatoms. The Bertz CT molecular complexity index is 570. The van der Waals surface area contributed by atoms with Crippen molar-refractivity contribution in [3.05, 3.63) is 11.6 Å². The Kier molecular flexibility index (Phi) is 6.59. The molecule has 0 amide bonds. The number of esters is 1. The van der Waals surface area contributed by atoms with Gasteiger partial charge in [-0.1, -0.05) is 32.0 Å².